The summed E-state index contributed by atoms with van der Waals surface area (Å²) in [7, 11) is 0. The van der Waals surface area contributed by atoms with Crippen LogP contribution in [0.1, 0.15) is 11.3 Å². The number of hydrogen-bond donors (Lipinski definition) is 1. The first kappa shape index (κ1) is 13.3. The van der Waals surface area contributed by atoms with E-state index in [0.717, 1.165) is 22.0 Å². The van der Waals surface area contributed by atoms with Crippen molar-refractivity contribution in [3.05, 3.63) is 59.0 Å². The molecule has 0 atom stereocenters. The van der Waals surface area contributed by atoms with Gasteiger partial charge in [-0.3, -0.25) is 0 Å². The number of nitrogen functional groups attached to an aromatic ring is 1. The van der Waals surface area contributed by atoms with E-state index in [4.69, 9.17) is 17.3 Å². The lowest BCUT2D eigenvalue weighted by atomic mass is 10.3. The number of imidazole rings is 1. The lowest BCUT2D eigenvalue weighted by molar-refractivity contribution is 1.16. The van der Waals surface area contributed by atoms with E-state index >= 15 is 0 Å². The van der Waals surface area contributed by atoms with E-state index in [2.05, 4.69) is 28.6 Å². The fraction of sp³-hybridized carbons (Fsp3) is 0.133. The fourth-order valence-electron chi connectivity index (χ4n) is 2.06. The molecule has 2 N–H and O–H groups in total. The van der Waals surface area contributed by atoms with Gasteiger partial charge in [-0.25, -0.2) is 4.98 Å². The Hall–Kier alpha value is -1.65. The van der Waals surface area contributed by atoms with Crippen molar-refractivity contribution in [2.24, 2.45) is 0 Å². The predicted molar refractivity (Wildman–Crippen MR) is 85.4 cm³/mol. The number of pyridine rings is 1. The SMILES string of the molecule is Cc1cccn2cc(CSc3ccc(N)cc3Cl)nc12. The molecule has 0 fully saturated rings. The monoisotopic (exact) mass is 303 g/mol. The molecule has 3 rings (SSSR count). The van der Waals surface area contributed by atoms with Crippen LogP contribution < -0.4 is 5.73 Å². The summed E-state index contributed by atoms with van der Waals surface area (Å²) in [5.41, 5.74) is 9.60. The summed E-state index contributed by atoms with van der Waals surface area (Å²) >= 11 is 7.84. The van der Waals surface area contributed by atoms with Crippen molar-refractivity contribution >= 4 is 34.7 Å². The van der Waals surface area contributed by atoms with Crippen LogP contribution in [0.2, 0.25) is 5.02 Å². The van der Waals surface area contributed by atoms with Crippen LogP contribution in [0.4, 0.5) is 5.69 Å². The number of thioether (sulfide) groups is 1. The molecule has 0 aliphatic rings. The molecule has 2 heterocycles. The van der Waals surface area contributed by atoms with E-state index in [1.54, 1.807) is 17.8 Å². The highest BCUT2D eigenvalue weighted by atomic mass is 35.5. The van der Waals surface area contributed by atoms with Crippen molar-refractivity contribution in [1.29, 1.82) is 0 Å². The summed E-state index contributed by atoms with van der Waals surface area (Å²) in [6, 6.07) is 9.68. The van der Waals surface area contributed by atoms with Gasteiger partial charge < -0.3 is 10.1 Å². The van der Waals surface area contributed by atoms with E-state index in [1.807, 2.05) is 24.4 Å². The minimum Gasteiger partial charge on any atom is -0.399 e. The van der Waals surface area contributed by atoms with Crippen molar-refractivity contribution in [3.8, 4) is 0 Å². The van der Waals surface area contributed by atoms with Crippen LogP contribution in [0.15, 0.2) is 47.6 Å². The molecule has 5 heteroatoms. The van der Waals surface area contributed by atoms with Crippen molar-refractivity contribution in [2.75, 3.05) is 5.73 Å². The highest BCUT2D eigenvalue weighted by Gasteiger charge is 2.06. The minimum atomic E-state index is 0.683. The Balaban J connectivity index is 1.81. The Labute approximate surface area is 126 Å². The number of hydrogen-bond acceptors (Lipinski definition) is 3. The quantitative estimate of drug-likeness (QED) is 0.583. The van der Waals surface area contributed by atoms with E-state index in [0.29, 0.717) is 10.7 Å². The largest absolute Gasteiger partial charge is 0.399 e. The van der Waals surface area contributed by atoms with E-state index in [1.165, 1.54) is 5.56 Å². The van der Waals surface area contributed by atoms with Crippen molar-refractivity contribution in [1.82, 2.24) is 9.38 Å². The maximum absolute atomic E-state index is 6.17. The standard InChI is InChI=1S/C15H14ClN3S/c1-10-3-2-6-19-8-12(18-15(10)19)9-20-14-5-4-11(17)7-13(14)16/h2-8H,9,17H2,1H3. The molecule has 0 aliphatic heterocycles. The van der Waals surface area contributed by atoms with Crippen molar-refractivity contribution < 1.29 is 0 Å². The Morgan fingerprint density at radius 1 is 1.35 bits per heavy atom. The maximum Gasteiger partial charge on any atom is 0.139 e. The molecule has 3 nitrogen and oxygen atoms in total. The molecule has 0 spiro atoms. The number of rotatable bonds is 3. The zero-order valence-electron chi connectivity index (χ0n) is 11.0. The Bertz CT molecular complexity index is 767. The van der Waals surface area contributed by atoms with Gasteiger partial charge in [-0.05, 0) is 36.8 Å². The number of fused-ring (bicyclic) bond motifs is 1. The first-order valence-electron chi connectivity index (χ1n) is 6.24. The number of anilines is 1. The van der Waals surface area contributed by atoms with E-state index < -0.39 is 0 Å². The molecule has 0 radical (unpaired) electrons. The number of benzene rings is 1. The Morgan fingerprint density at radius 3 is 2.95 bits per heavy atom. The van der Waals surface area contributed by atoms with Gasteiger partial charge in [0.25, 0.3) is 0 Å². The number of halogens is 1. The second-order valence-corrected chi connectivity index (χ2v) is 6.06. The van der Waals surface area contributed by atoms with E-state index in [9.17, 15) is 0 Å². The van der Waals surface area contributed by atoms with Crippen LogP contribution in [0.25, 0.3) is 5.65 Å². The Morgan fingerprint density at radius 2 is 2.20 bits per heavy atom. The van der Waals surface area contributed by atoms with Crippen LogP contribution in [0.3, 0.4) is 0 Å². The van der Waals surface area contributed by atoms with Gasteiger partial charge in [0.15, 0.2) is 0 Å². The average molecular weight is 304 g/mol. The third kappa shape index (κ3) is 2.62. The topological polar surface area (TPSA) is 43.3 Å². The van der Waals surface area contributed by atoms with Crippen LogP contribution in [0, 0.1) is 6.92 Å². The summed E-state index contributed by atoms with van der Waals surface area (Å²) in [5, 5.41) is 0.690. The molecular formula is C15H14ClN3S. The van der Waals surface area contributed by atoms with Gasteiger partial charge >= 0.3 is 0 Å². The van der Waals surface area contributed by atoms with Crippen LogP contribution in [0.5, 0.6) is 0 Å². The van der Waals surface area contributed by atoms with Gasteiger partial charge in [-0.2, -0.15) is 0 Å². The highest BCUT2D eigenvalue weighted by Crippen LogP contribution is 2.31. The number of nitrogens with zero attached hydrogens (tertiary/aromatic N) is 2. The van der Waals surface area contributed by atoms with E-state index in [-0.39, 0.29) is 0 Å². The molecule has 0 amide bonds. The summed E-state index contributed by atoms with van der Waals surface area (Å²) in [6.45, 7) is 2.07. The lowest BCUT2D eigenvalue weighted by Crippen LogP contribution is -1.86. The molecule has 0 aliphatic carbocycles. The molecule has 2 aromatic heterocycles. The molecule has 20 heavy (non-hydrogen) atoms. The predicted octanol–water partition coefficient (Wildman–Crippen LogP) is 4.17. The zero-order chi connectivity index (χ0) is 14.1. The highest BCUT2D eigenvalue weighted by molar-refractivity contribution is 7.98. The molecule has 102 valence electrons. The molecule has 0 bridgehead atoms. The van der Waals surface area contributed by atoms with Gasteiger partial charge in [0.1, 0.15) is 5.65 Å². The van der Waals surface area contributed by atoms with Crippen molar-refractivity contribution in [2.45, 2.75) is 17.6 Å². The molecular weight excluding hydrogens is 290 g/mol. The number of aromatic nitrogens is 2. The third-order valence-corrected chi connectivity index (χ3v) is 4.59. The number of aryl methyl sites for hydroxylation is 1. The van der Waals surface area contributed by atoms with Crippen LogP contribution in [-0.2, 0) is 5.75 Å². The maximum atomic E-state index is 6.17. The summed E-state index contributed by atoms with van der Waals surface area (Å²) in [6.07, 6.45) is 4.07. The zero-order valence-corrected chi connectivity index (χ0v) is 12.6. The Kier molecular flexibility index (Phi) is 3.59. The first-order valence-corrected chi connectivity index (χ1v) is 7.61. The summed E-state index contributed by atoms with van der Waals surface area (Å²) in [5.74, 6) is 0.782. The smallest absolute Gasteiger partial charge is 0.139 e. The second kappa shape index (κ2) is 5.38. The summed E-state index contributed by atoms with van der Waals surface area (Å²) < 4.78 is 2.05. The van der Waals surface area contributed by atoms with Gasteiger partial charge in [0.2, 0.25) is 0 Å². The van der Waals surface area contributed by atoms with Gasteiger partial charge in [-0.1, -0.05) is 17.7 Å². The molecule has 0 saturated heterocycles. The molecule has 1 aromatic carbocycles. The van der Waals surface area contributed by atoms with Crippen LogP contribution in [-0.4, -0.2) is 9.38 Å². The molecule has 0 unspecified atom stereocenters. The van der Waals surface area contributed by atoms with Gasteiger partial charge in [0, 0.05) is 28.7 Å². The fourth-order valence-corrected chi connectivity index (χ4v) is 3.22. The minimum absolute atomic E-state index is 0.683. The van der Waals surface area contributed by atoms with Crippen LogP contribution >= 0.6 is 23.4 Å². The lowest BCUT2D eigenvalue weighted by Gasteiger charge is -2.03. The van der Waals surface area contributed by atoms with Gasteiger partial charge in [-0.15, -0.1) is 11.8 Å². The molecule has 0 saturated carbocycles. The number of nitrogens with two attached hydrogens (primary N) is 1. The van der Waals surface area contributed by atoms with Crippen molar-refractivity contribution in [3.63, 3.8) is 0 Å². The average Bonchev–Trinajstić information content (AvgIpc) is 2.82. The molecule has 3 aromatic rings. The third-order valence-electron chi connectivity index (χ3n) is 3.06. The normalized spacial score (nSPS) is 11.1. The summed E-state index contributed by atoms with van der Waals surface area (Å²) in [4.78, 5) is 5.67. The second-order valence-electron chi connectivity index (χ2n) is 4.63. The van der Waals surface area contributed by atoms with Gasteiger partial charge in [0.05, 0.1) is 10.7 Å². The first-order chi connectivity index (χ1) is 9.63.